The van der Waals surface area contributed by atoms with E-state index in [-0.39, 0.29) is 5.75 Å². The Balaban J connectivity index is 2.94. The Labute approximate surface area is 94.8 Å². The van der Waals surface area contributed by atoms with Crippen LogP contribution in [-0.2, 0) is 9.84 Å². The van der Waals surface area contributed by atoms with Crippen LogP contribution < -0.4 is 0 Å². The first-order valence-electron chi connectivity index (χ1n) is 5.03. The maximum Gasteiger partial charge on any atom is 0.155 e. The fourth-order valence-corrected chi connectivity index (χ4v) is 2.47. The van der Waals surface area contributed by atoms with Crippen molar-refractivity contribution in [3.63, 3.8) is 0 Å². The third-order valence-corrected chi connectivity index (χ3v) is 4.82. The molecule has 3 nitrogen and oxygen atoms in total. The first-order chi connectivity index (χ1) is 7.38. The van der Waals surface area contributed by atoms with E-state index in [0.717, 1.165) is 0 Å². The van der Waals surface area contributed by atoms with E-state index in [1.807, 2.05) is 0 Å². The molecule has 1 aromatic rings. The lowest BCUT2D eigenvalue weighted by molar-refractivity contribution is 0.176. The average Bonchev–Trinajstić information content (AvgIpc) is 2.28. The molecule has 0 heterocycles. The van der Waals surface area contributed by atoms with Crippen molar-refractivity contribution in [2.24, 2.45) is 0 Å². The topological polar surface area (TPSA) is 54.4 Å². The Bertz CT molecular complexity index is 439. The van der Waals surface area contributed by atoms with Crippen molar-refractivity contribution in [3.05, 3.63) is 35.6 Å². The Hall–Kier alpha value is -0.940. The first-order valence-corrected chi connectivity index (χ1v) is 6.75. The fraction of sp³-hybridized carbons (Fsp3) is 0.455. The van der Waals surface area contributed by atoms with Gasteiger partial charge in [-0.3, -0.25) is 0 Å². The molecular formula is C11H15FO3S. The zero-order valence-electron chi connectivity index (χ0n) is 9.22. The maximum atomic E-state index is 12.7. The van der Waals surface area contributed by atoms with Gasteiger partial charge < -0.3 is 5.11 Å². The van der Waals surface area contributed by atoms with Crippen LogP contribution in [0.15, 0.2) is 24.3 Å². The van der Waals surface area contributed by atoms with E-state index in [1.165, 1.54) is 38.1 Å². The molecule has 0 radical (unpaired) electrons. The van der Waals surface area contributed by atoms with Gasteiger partial charge in [-0.25, -0.2) is 12.8 Å². The summed E-state index contributed by atoms with van der Waals surface area (Å²) >= 11 is 0. The molecule has 90 valence electrons. The second-order valence-electron chi connectivity index (χ2n) is 3.65. The Morgan fingerprint density at radius 1 is 1.31 bits per heavy atom. The monoisotopic (exact) mass is 246 g/mol. The van der Waals surface area contributed by atoms with Crippen LogP contribution >= 0.6 is 0 Å². The molecule has 0 saturated carbocycles. The fourth-order valence-electron chi connectivity index (χ4n) is 1.39. The Kier molecular flexibility index (Phi) is 4.04. The molecule has 0 bridgehead atoms. The van der Waals surface area contributed by atoms with Crippen molar-refractivity contribution in [2.45, 2.75) is 25.2 Å². The number of rotatable bonds is 4. The third kappa shape index (κ3) is 2.80. The minimum absolute atomic E-state index is 0.0214. The largest absolute Gasteiger partial charge is 0.387 e. The van der Waals surface area contributed by atoms with Gasteiger partial charge in [-0.05, 0) is 24.6 Å². The lowest BCUT2D eigenvalue weighted by Crippen LogP contribution is -2.26. The van der Waals surface area contributed by atoms with Crippen LogP contribution in [-0.4, -0.2) is 24.5 Å². The number of aliphatic hydroxyl groups is 1. The molecule has 0 aromatic heterocycles. The molecule has 0 saturated heterocycles. The van der Waals surface area contributed by atoms with E-state index in [1.54, 1.807) is 0 Å². The molecule has 0 aliphatic heterocycles. The van der Waals surface area contributed by atoms with Gasteiger partial charge in [0, 0.05) is 5.75 Å². The van der Waals surface area contributed by atoms with Crippen LogP contribution in [0.5, 0.6) is 0 Å². The van der Waals surface area contributed by atoms with Crippen LogP contribution in [0.25, 0.3) is 0 Å². The molecule has 1 aromatic carbocycles. The number of benzene rings is 1. The summed E-state index contributed by atoms with van der Waals surface area (Å²) in [5.41, 5.74) is 0.408. The predicted molar refractivity (Wildman–Crippen MR) is 60.3 cm³/mol. The van der Waals surface area contributed by atoms with E-state index in [4.69, 9.17) is 0 Å². The Morgan fingerprint density at radius 2 is 1.81 bits per heavy atom. The highest BCUT2D eigenvalue weighted by atomic mass is 32.2. The first kappa shape index (κ1) is 13.1. The van der Waals surface area contributed by atoms with E-state index >= 15 is 0 Å². The van der Waals surface area contributed by atoms with Crippen LogP contribution in [0.2, 0.25) is 0 Å². The van der Waals surface area contributed by atoms with E-state index < -0.39 is 27.0 Å². The van der Waals surface area contributed by atoms with Crippen molar-refractivity contribution in [2.75, 3.05) is 5.75 Å². The minimum Gasteiger partial charge on any atom is -0.387 e. The summed E-state index contributed by atoms with van der Waals surface area (Å²) in [6.45, 7) is 2.98. The summed E-state index contributed by atoms with van der Waals surface area (Å²) in [7, 11) is -3.30. The smallest absolute Gasteiger partial charge is 0.155 e. The van der Waals surface area contributed by atoms with Gasteiger partial charge in [-0.2, -0.15) is 0 Å². The zero-order chi connectivity index (χ0) is 12.3. The minimum atomic E-state index is -3.30. The molecule has 0 fully saturated rings. The second-order valence-corrected chi connectivity index (χ2v) is 6.30. The number of hydrogen-bond acceptors (Lipinski definition) is 3. The summed E-state index contributed by atoms with van der Waals surface area (Å²) in [5, 5.41) is 8.96. The molecule has 5 heteroatoms. The lowest BCUT2D eigenvalue weighted by Gasteiger charge is -2.18. The van der Waals surface area contributed by atoms with Crippen molar-refractivity contribution < 1.29 is 17.9 Å². The van der Waals surface area contributed by atoms with Crippen LogP contribution in [0.1, 0.15) is 25.5 Å². The molecule has 1 N–H and O–H groups in total. The van der Waals surface area contributed by atoms with Gasteiger partial charge in [0.05, 0.1) is 11.4 Å². The molecule has 0 aliphatic carbocycles. The van der Waals surface area contributed by atoms with E-state index in [0.29, 0.717) is 5.56 Å². The van der Waals surface area contributed by atoms with Crippen molar-refractivity contribution in [1.29, 1.82) is 0 Å². The van der Waals surface area contributed by atoms with Crippen LogP contribution in [0.3, 0.4) is 0 Å². The molecule has 2 atom stereocenters. The summed E-state index contributed by atoms with van der Waals surface area (Å²) in [5.74, 6) is -0.436. The predicted octanol–water partition coefficient (Wildman–Crippen LogP) is 1.68. The molecule has 0 amide bonds. The Morgan fingerprint density at radius 3 is 2.25 bits per heavy atom. The average molecular weight is 246 g/mol. The normalized spacial score (nSPS) is 15.8. The molecule has 2 unspecified atom stereocenters. The summed E-state index contributed by atoms with van der Waals surface area (Å²) in [4.78, 5) is 0. The van der Waals surface area contributed by atoms with Crippen molar-refractivity contribution >= 4 is 9.84 Å². The summed E-state index contributed by atoms with van der Waals surface area (Å²) in [6.07, 6.45) is -1.12. The lowest BCUT2D eigenvalue weighted by atomic mass is 10.1. The summed E-state index contributed by atoms with van der Waals surface area (Å²) < 4.78 is 35.7. The van der Waals surface area contributed by atoms with Gasteiger partial charge in [-0.1, -0.05) is 19.1 Å². The number of aliphatic hydroxyl groups excluding tert-OH is 1. The molecule has 0 aliphatic rings. The highest BCUT2D eigenvalue weighted by Gasteiger charge is 2.27. The number of hydrogen-bond donors (Lipinski definition) is 1. The second kappa shape index (κ2) is 4.93. The van der Waals surface area contributed by atoms with Crippen LogP contribution in [0.4, 0.5) is 4.39 Å². The van der Waals surface area contributed by atoms with Gasteiger partial charge in [0.25, 0.3) is 0 Å². The van der Waals surface area contributed by atoms with Gasteiger partial charge in [0.2, 0.25) is 0 Å². The molecular weight excluding hydrogens is 231 g/mol. The maximum absolute atomic E-state index is 12.7. The SMILES string of the molecule is CCS(=O)(=O)C(C)C(O)c1ccc(F)cc1. The van der Waals surface area contributed by atoms with Gasteiger partial charge >= 0.3 is 0 Å². The molecule has 1 rings (SSSR count). The molecule has 0 spiro atoms. The zero-order valence-corrected chi connectivity index (χ0v) is 10.0. The quantitative estimate of drug-likeness (QED) is 0.879. The van der Waals surface area contributed by atoms with Crippen molar-refractivity contribution in [1.82, 2.24) is 0 Å². The molecule has 16 heavy (non-hydrogen) atoms. The number of sulfone groups is 1. The highest BCUT2D eigenvalue weighted by molar-refractivity contribution is 7.92. The highest BCUT2D eigenvalue weighted by Crippen LogP contribution is 2.22. The van der Waals surface area contributed by atoms with Gasteiger partial charge in [-0.15, -0.1) is 0 Å². The van der Waals surface area contributed by atoms with Crippen molar-refractivity contribution in [3.8, 4) is 0 Å². The van der Waals surface area contributed by atoms with Crippen LogP contribution in [0, 0.1) is 5.82 Å². The standard InChI is InChI=1S/C11H15FO3S/c1-3-16(14,15)8(2)11(13)9-4-6-10(12)7-5-9/h4-8,11,13H,3H2,1-2H3. The van der Waals surface area contributed by atoms with E-state index in [9.17, 15) is 17.9 Å². The van der Waals surface area contributed by atoms with E-state index in [2.05, 4.69) is 0 Å². The van der Waals surface area contributed by atoms with Gasteiger partial charge in [0.1, 0.15) is 5.82 Å². The third-order valence-electron chi connectivity index (χ3n) is 2.62. The summed E-state index contributed by atoms with van der Waals surface area (Å²) in [6, 6.07) is 5.18. The number of halogens is 1. The van der Waals surface area contributed by atoms with Gasteiger partial charge in [0.15, 0.2) is 9.84 Å².